The molecule has 0 N–H and O–H groups in total. The number of benzene rings is 8. The predicted octanol–water partition coefficient (Wildman–Crippen LogP) is 14.6. The zero-order valence-corrected chi connectivity index (χ0v) is 30.0. The second-order valence-corrected chi connectivity index (χ2v) is 14.8. The monoisotopic (exact) mass is 693 g/mol. The SMILES string of the molecule is CC1(C)c2ccccc2-c2cccc(N(c3ccccc3)c3ccc(-c4ccccc4-c4ccc5c(c4)oc4ccccc45)c4oc5ccccc5c34)c21. The van der Waals surface area contributed by atoms with Gasteiger partial charge in [0.2, 0.25) is 0 Å². The van der Waals surface area contributed by atoms with Gasteiger partial charge >= 0.3 is 0 Å². The third kappa shape index (κ3) is 4.42. The Kier molecular flexibility index (Phi) is 6.60. The minimum atomic E-state index is -0.201. The number of rotatable bonds is 5. The summed E-state index contributed by atoms with van der Waals surface area (Å²) in [6.07, 6.45) is 0. The van der Waals surface area contributed by atoms with E-state index in [1.54, 1.807) is 0 Å². The Morgan fingerprint density at radius 2 is 1.07 bits per heavy atom. The lowest BCUT2D eigenvalue weighted by molar-refractivity contribution is 0.661. The van der Waals surface area contributed by atoms with Gasteiger partial charge in [0, 0.05) is 32.8 Å². The average Bonchev–Trinajstić information content (AvgIpc) is 3.87. The van der Waals surface area contributed by atoms with Crippen LogP contribution in [0, 0.1) is 0 Å². The number of fused-ring (bicyclic) bond motifs is 9. The van der Waals surface area contributed by atoms with Gasteiger partial charge in [-0.25, -0.2) is 0 Å². The molecule has 0 bridgehead atoms. The molecule has 2 aromatic heterocycles. The molecule has 0 radical (unpaired) electrons. The molecule has 0 atom stereocenters. The fraction of sp³-hybridized carbons (Fsp3) is 0.0588. The average molecular weight is 694 g/mol. The molecular weight excluding hydrogens is 659 g/mol. The number of furan rings is 2. The Morgan fingerprint density at radius 1 is 0.426 bits per heavy atom. The first-order valence-corrected chi connectivity index (χ1v) is 18.6. The van der Waals surface area contributed by atoms with Crippen LogP contribution in [0.15, 0.2) is 185 Å². The summed E-state index contributed by atoms with van der Waals surface area (Å²) in [6.45, 7) is 4.71. The van der Waals surface area contributed by atoms with Gasteiger partial charge in [-0.15, -0.1) is 0 Å². The largest absolute Gasteiger partial charge is 0.456 e. The van der Waals surface area contributed by atoms with Gasteiger partial charge in [0.25, 0.3) is 0 Å². The maximum absolute atomic E-state index is 6.94. The van der Waals surface area contributed by atoms with Crippen LogP contribution >= 0.6 is 0 Å². The number of hydrogen-bond donors (Lipinski definition) is 0. The van der Waals surface area contributed by atoms with Crippen LogP contribution in [0.25, 0.3) is 77.3 Å². The lowest BCUT2D eigenvalue weighted by Gasteiger charge is -2.32. The van der Waals surface area contributed by atoms with E-state index in [1.807, 2.05) is 12.1 Å². The highest BCUT2D eigenvalue weighted by Gasteiger charge is 2.39. The fourth-order valence-electron chi connectivity index (χ4n) is 9.06. The van der Waals surface area contributed by atoms with Crippen molar-refractivity contribution in [2.75, 3.05) is 4.90 Å². The summed E-state index contributed by atoms with van der Waals surface area (Å²) in [5, 5.41) is 4.42. The van der Waals surface area contributed by atoms with Crippen LogP contribution in [-0.2, 0) is 5.41 Å². The zero-order chi connectivity index (χ0) is 36.0. The van der Waals surface area contributed by atoms with Gasteiger partial charge < -0.3 is 13.7 Å². The van der Waals surface area contributed by atoms with E-state index in [4.69, 9.17) is 8.83 Å². The molecule has 1 aliphatic rings. The van der Waals surface area contributed by atoms with E-state index in [0.29, 0.717) is 0 Å². The third-order valence-electron chi connectivity index (χ3n) is 11.5. The smallest absolute Gasteiger partial charge is 0.145 e. The second-order valence-electron chi connectivity index (χ2n) is 14.8. The molecule has 1 aliphatic carbocycles. The highest BCUT2D eigenvalue weighted by atomic mass is 16.3. The second kappa shape index (κ2) is 11.6. The van der Waals surface area contributed by atoms with Gasteiger partial charge in [-0.2, -0.15) is 0 Å². The van der Waals surface area contributed by atoms with Crippen molar-refractivity contribution in [1.82, 2.24) is 0 Å². The Morgan fingerprint density at radius 3 is 1.91 bits per heavy atom. The summed E-state index contributed by atoms with van der Waals surface area (Å²) in [6, 6.07) is 62.8. The van der Waals surface area contributed by atoms with E-state index in [9.17, 15) is 0 Å². The Balaban J connectivity index is 1.16. The van der Waals surface area contributed by atoms with Crippen LogP contribution in [0.5, 0.6) is 0 Å². The summed E-state index contributed by atoms with van der Waals surface area (Å²) in [4.78, 5) is 2.45. The summed E-state index contributed by atoms with van der Waals surface area (Å²) >= 11 is 0. The number of hydrogen-bond acceptors (Lipinski definition) is 3. The molecule has 54 heavy (non-hydrogen) atoms. The van der Waals surface area contributed by atoms with Gasteiger partial charge in [0.05, 0.1) is 16.8 Å². The van der Waals surface area contributed by atoms with Crippen molar-refractivity contribution in [1.29, 1.82) is 0 Å². The summed E-state index contributed by atoms with van der Waals surface area (Å²) in [5.74, 6) is 0. The first-order chi connectivity index (χ1) is 26.6. The maximum Gasteiger partial charge on any atom is 0.145 e. The Labute approximate surface area is 313 Å². The molecule has 0 saturated heterocycles. The maximum atomic E-state index is 6.94. The number of nitrogens with zero attached hydrogens (tertiary/aromatic N) is 1. The standard InChI is InChI=1S/C51H35NO2/c1-51(2)42-23-11-8-19-36(42)39-22-14-24-44(49(39)51)52(33-15-4-3-5-16-33)43-30-29-40(50-48(43)41-21-10-13-26-46(41)54-50)35-18-7-6-17-34(35)32-27-28-38-37-20-9-12-25-45(37)53-47(38)31-32/h3-31H,1-2H3. The number of para-hydroxylation sites is 3. The van der Waals surface area contributed by atoms with Gasteiger partial charge in [-0.1, -0.05) is 135 Å². The van der Waals surface area contributed by atoms with Crippen molar-refractivity contribution in [2.45, 2.75) is 19.3 Å². The molecule has 11 rings (SSSR count). The van der Waals surface area contributed by atoms with Crippen LogP contribution in [0.2, 0.25) is 0 Å². The molecule has 0 unspecified atom stereocenters. The molecule has 0 aliphatic heterocycles. The molecule has 8 aromatic carbocycles. The molecule has 0 spiro atoms. The molecule has 256 valence electrons. The Hall–Kier alpha value is -6.84. The molecule has 3 heteroatoms. The fourth-order valence-corrected chi connectivity index (χ4v) is 9.06. The van der Waals surface area contributed by atoms with Crippen LogP contribution < -0.4 is 4.90 Å². The van der Waals surface area contributed by atoms with Crippen LogP contribution in [0.1, 0.15) is 25.0 Å². The lowest BCUT2D eigenvalue weighted by Crippen LogP contribution is -2.20. The van der Waals surface area contributed by atoms with E-state index >= 15 is 0 Å². The minimum absolute atomic E-state index is 0.201. The minimum Gasteiger partial charge on any atom is -0.456 e. The molecular formula is C51H35NO2. The van der Waals surface area contributed by atoms with Gasteiger partial charge in [-0.05, 0) is 93.5 Å². The lowest BCUT2D eigenvalue weighted by atomic mass is 9.81. The molecule has 2 heterocycles. The summed E-state index contributed by atoms with van der Waals surface area (Å²) in [5.41, 5.74) is 16.3. The number of anilines is 3. The first kappa shape index (κ1) is 30.8. The molecule has 0 fully saturated rings. The van der Waals surface area contributed by atoms with E-state index in [2.05, 4.69) is 183 Å². The molecule has 0 saturated carbocycles. The zero-order valence-electron chi connectivity index (χ0n) is 30.0. The van der Waals surface area contributed by atoms with Crippen molar-refractivity contribution in [2.24, 2.45) is 0 Å². The molecule has 10 aromatic rings. The van der Waals surface area contributed by atoms with Crippen molar-refractivity contribution in [3.8, 4) is 33.4 Å². The van der Waals surface area contributed by atoms with E-state index in [-0.39, 0.29) is 5.41 Å². The third-order valence-corrected chi connectivity index (χ3v) is 11.5. The van der Waals surface area contributed by atoms with Crippen LogP contribution in [0.3, 0.4) is 0 Å². The topological polar surface area (TPSA) is 29.5 Å². The Bertz CT molecular complexity index is 3090. The van der Waals surface area contributed by atoms with Crippen LogP contribution in [0.4, 0.5) is 17.1 Å². The first-order valence-electron chi connectivity index (χ1n) is 18.6. The van der Waals surface area contributed by atoms with E-state index < -0.39 is 0 Å². The van der Waals surface area contributed by atoms with Crippen molar-refractivity contribution in [3.05, 3.63) is 187 Å². The molecule has 0 amide bonds. The van der Waals surface area contributed by atoms with Gasteiger partial charge in [0.15, 0.2) is 0 Å². The highest BCUT2D eigenvalue weighted by Crippen LogP contribution is 2.55. The van der Waals surface area contributed by atoms with Crippen LogP contribution in [-0.4, -0.2) is 0 Å². The summed E-state index contributed by atoms with van der Waals surface area (Å²) in [7, 11) is 0. The van der Waals surface area contributed by atoms with Crippen molar-refractivity contribution >= 4 is 60.9 Å². The van der Waals surface area contributed by atoms with Crippen molar-refractivity contribution < 1.29 is 8.83 Å². The van der Waals surface area contributed by atoms with E-state index in [1.165, 1.54) is 27.9 Å². The van der Waals surface area contributed by atoms with Gasteiger partial charge in [0.1, 0.15) is 22.3 Å². The van der Waals surface area contributed by atoms with E-state index in [0.717, 1.165) is 77.5 Å². The highest BCUT2D eigenvalue weighted by molar-refractivity contribution is 6.18. The quantitative estimate of drug-likeness (QED) is 0.180. The van der Waals surface area contributed by atoms with Crippen molar-refractivity contribution in [3.63, 3.8) is 0 Å². The molecule has 3 nitrogen and oxygen atoms in total. The van der Waals surface area contributed by atoms with Gasteiger partial charge in [-0.3, -0.25) is 0 Å². The normalized spacial score (nSPS) is 13.1. The predicted molar refractivity (Wildman–Crippen MR) is 224 cm³/mol. The summed E-state index contributed by atoms with van der Waals surface area (Å²) < 4.78 is 13.3.